The van der Waals surface area contributed by atoms with Crippen LogP contribution in [-0.4, -0.2) is 46.2 Å². The first-order valence-electron chi connectivity index (χ1n) is 11.8. The van der Waals surface area contributed by atoms with Crippen LogP contribution in [0.3, 0.4) is 0 Å². The average Bonchev–Trinajstić information content (AvgIpc) is 3.21. The van der Waals surface area contributed by atoms with Crippen molar-refractivity contribution in [2.75, 3.05) is 20.2 Å². The number of hydrogen-bond donors (Lipinski definition) is 0. The number of aromatic nitrogens is 2. The first kappa shape index (κ1) is 24.0. The predicted octanol–water partition coefficient (Wildman–Crippen LogP) is 7.12. The van der Waals surface area contributed by atoms with Gasteiger partial charge in [0.15, 0.2) is 0 Å². The maximum atomic E-state index is 12.4. The van der Waals surface area contributed by atoms with Gasteiger partial charge in [0.2, 0.25) is 0 Å². The lowest BCUT2D eigenvalue weighted by molar-refractivity contribution is 0.0137. The molecule has 1 spiro atoms. The van der Waals surface area contributed by atoms with Crippen LogP contribution in [0.4, 0.5) is 4.79 Å². The lowest BCUT2D eigenvalue weighted by atomic mass is 9.64. The highest BCUT2D eigenvalue weighted by Gasteiger charge is 2.42. The molecule has 0 radical (unpaired) electrons. The van der Waals surface area contributed by atoms with Crippen LogP contribution in [0, 0.1) is 5.41 Å². The van der Waals surface area contributed by atoms with E-state index in [1.165, 1.54) is 5.57 Å². The van der Waals surface area contributed by atoms with Crippen molar-refractivity contribution >= 4 is 40.5 Å². The van der Waals surface area contributed by atoms with Crippen LogP contribution in [-0.2, 0) is 4.74 Å². The second kappa shape index (κ2) is 8.75. The lowest BCUT2D eigenvalue weighted by Crippen LogP contribution is -2.46. The molecule has 6 nitrogen and oxygen atoms in total. The van der Waals surface area contributed by atoms with Crippen LogP contribution in [0.2, 0.25) is 10.0 Å². The number of ether oxygens (including phenoxy) is 2. The molecule has 3 aromatic rings. The van der Waals surface area contributed by atoms with Gasteiger partial charge in [0.25, 0.3) is 0 Å². The largest absolute Gasteiger partial charge is 0.496 e. The van der Waals surface area contributed by atoms with Gasteiger partial charge in [-0.3, -0.25) is 0 Å². The summed E-state index contributed by atoms with van der Waals surface area (Å²) in [6.45, 7) is 7.13. The van der Waals surface area contributed by atoms with Crippen LogP contribution in [0.15, 0.2) is 42.7 Å². The van der Waals surface area contributed by atoms with Crippen LogP contribution < -0.4 is 4.74 Å². The van der Waals surface area contributed by atoms with Crippen molar-refractivity contribution in [1.29, 1.82) is 0 Å². The van der Waals surface area contributed by atoms with Gasteiger partial charge in [-0.1, -0.05) is 29.3 Å². The molecule has 1 aromatic carbocycles. The second-order valence-corrected chi connectivity index (χ2v) is 11.2. The zero-order chi connectivity index (χ0) is 25.0. The maximum absolute atomic E-state index is 12.4. The van der Waals surface area contributed by atoms with Gasteiger partial charge in [0, 0.05) is 31.0 Å². The molecule has 1 fully saturated rings. The van der Waals surface area contributed by atoms with Gasteiger partial charge >= 0.3 is 6.09 Å². The Morgan fingerprint density at radius 2 is 1.86 bits per heavy atom. The summed E-state index contributed by atoms with van der Waals surface area (Å²) in [6.07, 6.45) is 9.03. The number of carbonyl (C=O) groups is 1. The Kier molecular flexibility index (Phi) is 6.01. The molecule has 35 heavy (non-hydrogen) atoms. The van der Waals surface area contributed by atoms with Crippen LogP contribution in [0.25, 0.3) is 22.3 Å². The van der Waals surface area contributed by atoms with E-state index in [9.17, 15) is 4.79 Å². The highest BCUT2D eigenvalue weighted by molar-refractivity contribution is 6.44. The Morgan fingerprint density at radius 3 is 2.51 bits per heavy atom. The molecular weight excluding hydrogens is 485 g/mol. The van der Waals surface area contributed by atoms with E-state index in [1.807, 2.05) is 54.5 Å². The standard InChI is InChI=1S/C27H29Cl2N3O3/c1-26(2,3)35-25(33)31-11-8-27(9-12-31)14-18(15-27)20-16-32-10-7-17(13-22(32)30-20)23-21(34-4)6-5-19(28)24(23)29/h5-7,10,13-14,16H,8-9,11-12,15H2,1-4H3. The zero-order valence-corrected chi connectivity index (χ0v) is 21.9. The molecular formula is C27H29Cl2N3O3. The molecule has 1 amide bonds. The molecule has 1 saturated heterocycles. The van der Waals surface area contributed by atoms with Gasteiger partial charge in [-0.15, -0.1) is 0 Å². The van der Waals surface area contributed by atoms with Gasteiger partial charge < -0.3 is 18.8 Å². The van der Waals surface area contributed by atoms with Crippen molar-refractivity contribution in [3.63, 3.8) is 0 Å². The summed E-state index contributed by atoms with van der Waals surface area (Å²) >= 11 is 12.8. The highest BCUT2D eigenvalue weighted by atomic mass is 35.5. The minimum atomic E-state index is -0.470. The van der Waals surface area contributed by atoms with E-state index >= 15 is 0 Å². The summed E-state index contributed by atoms with van der Waals surface area (Å²) < 4.78 is 13.1. The minimum Gasteiger partial charge on any atom is -0.496 e. The number of carbonyl (C=O) groups excluding carboxylic acids is 1. The Bertz CT molecular complexity index is 1330. The van der Waals surface area contributed by atoms with Gasteiger partial charge in [0.05, 0.1) is 22.8 Å². The van der Waals surface area contributed by atoms with Gasteiger partial charge in [0.1, 0.15) is 17.0 Å². The zero-order valence-electron chi connectivity index (χ0n) is 20.4. The Balaban J connectivity index is 1.33. The number of methoxy groups -OCH3 is 1. The van der Waals surface area contributed by atoms with E-state index in [4.69, 9.17) is 37.7 Å². The fourth-order valence-electron chi connectivity index (χ4n) is 4.93. The smallest absolute Gasteiger partial charge is 0.410 e. The molecule has 184 valence electrons. The second-order valence-electron chi connectivity index (χ2n) is 10.4. The van der Waals surface area contributed by atoms with Gasteiger partial charge in [-0.2, -0.15) is 0 Å². The van der Waals surface area contributed by atoms with E-state index in [0.717, 1.165) is 54.8 Å². The summed E-state index contributed by atoms with van der Waals surface area (Å²) in [5.41, 5.74) is 4.39. The molecule has 0 unspecified atom stereocenters. The summed E-state index contributed by atoms with van der Waals surface area (Å²) in [7, 11) is 1.62. The number of piperidine rings is 1. The third kappa shape index (κ3) is 4.62. The first-order chi connectivity index (χ1) is 16.6. The van der Waals surface area contributed by atoms with Crippen molar-refractivity contribution in [1.82, 2.24) is 14.3 Å². The lowest BCUT2D eigenvalue weighted by Gasteiger charge is -2.45. The molecule has 0 bridgehead atoms. The fraction of sp³-hybridized carbons (Fsp3) is 0.407. The monoisotopic (exact) mass is 513 g/mol. The van der Waals surface area contributed by atoms with Crippen molar-refractivity contribution < 1.29 is 14.3 Å². The Labute approximate surface area is 215 Å². The van der Waals surface area contributed by atoms with E-state index in [1.54, 1.807) is 13.2 Å². The molecule has 8 heteroatoms. The third-order valence-corrected chi connectivity index (χ3v) is 7.59. The van der Waals surface area contributed by atoms with Crippen molar-refractivity contribution in [2.45, 2.75) is 45.6 Å². The molecule has 0 N–H and O–H groups in total. The number of fused-ring (bicyclic) bond motifs is 1. The molecule has 1 aliphatic heterocycles. The number of benzene rings is 1. The summed E-state index contributed by atoms with van der Waals surface area (Å²) in [5.74, 6) is 0.664. The molecule has 1 aliphatic carbocycles. The number of nitrogens with zero attached hydrogens (tertiary/aromatic N) is 3. The third-order valence-electron chi connectivity index (χ3n) is 6.79. The number of allylic oxidation sites excluding steroid dienone is 2. The molecule has 0 atom stereocenters. The number of amides is 1. The number of hydrogen-bond acceptors (Lipinski definition) is 4. The van der Waals surface area contributed by atoms with Crippen molar-refractivity contribution in [3.8, 4) is 16.9 Å². The molecule has 2 aliphatic rings. The van der Waals surface area contributed by atoms with Gasteiger partial charge in [-0.25, -0.2) is 9.78 Å². The van der Waals surface area contributed by atoms with Gasteiger partial charge in [-0.05, 0) is 80.9 Å². The Hall–Kier alpha value is -2.70. The van der Waals surface area contributed by atoms with E-state index in [2.05, 4.69) is 12.3 Å². The van der Waals surface area contributed by atoms with Crippen LogP contribution in [0.5, 0.6) is 5.75 Å². The number of rotatable bonds is 3. The van der Waals surface area contributed by atoms with Crippen molar-refractivity contribution in [2.24, 2.45) is 5.41 Å². The highest BCUT2D eigenvalue weighted by Crippen LogP contribution is 2.50. The number of imidazole rings is 1. The molecule has 2 aromatic heterocycles. The maximum Gasteiger partial charge on any atom is 0.410 e. The fourth-order valence-corrected chi connectivity index (χ4v) is 5.35. The predicted molar refractivity (Wildman–Crippen MR) is 139 cm³/mol. The molecule has 5 rings (SSSR count). The minimum absolute atomic E-state index is 0.149. The van der Waals surface area contributed by atoms with E-state index in [-0.39, 0.29) is 11.5 Å². The normalized spacial score (nSPS) is 17.3. The Morgan fingerprint density at radius 1 is 1.14 bits per heavy atom. The molecule has 0 saturated carbocycles. The number of likely N-dealkylation sites (tertiary alicyclic amines) is 1. The van der Waals surface area contributed by atoms with E-state index < -0.39 is 5.60 Å². The number of pyridine rings is 1. The van der Waals surface area contributed by atoms with E-state index in [0.29, 0.717) is 15.8 Å². The molecule has 3 heterocycles. The summed E-state index contributed by atoms with van der Waals surface area (Å²) in [5, 5.41) is 0.942. The van der Waals surface area contributed by atoms with Crippen LogP contribution >= 0.6 is 23.2 Å². The summed E-state index contributed by atoms with van der Waals surface area (Å²) in [6, 6.07) is 7.53. The topological polar surface area (TPSA) is 56.1 Å². The number of halogens is 2. The van der Waals surface area contributed by atoms with Crippen molar-refractivity contribution in [3.05, 3.63) is 58.5 Å². The summed E-state index contributed by atoms with van der Waals surface area (Å²) in [4.78, 5) is 19.1. The first-order valence-corrected chi connectivity index (χ1v) is 12.5. The SMILES string of the molecule is COc1ccc(Cl)c(Cl)c1-c1ccn2cc(C3=CC4(CCN(C(=O)OC(C)(C)C)CC4)C3)nc2c1. The average molecular weight is 514 g/mol. The van der Waals surface area contributed by atoms with Crippen LogP contribution in [0.1, 0.15) is 45.7 Å². The quantitative estimate of drug-likeness (QED) is 0.374.